The number of Topliss-reactive ketones (excluding diaryl/α,β-unsaturated/α-hetero) is 1. The van der Waals surface area contributed by atoms with Crippen molar-refractivity contribution in [2.75, 3.05) is 11.3 Å². The van der Waals surface area contributed by atoms with E-state index in [2.05, 4.69) is 4.72 Å². The van der Waals surface area contributed by atoms with E-state index >= 15 is 0 Å². The average molecular weight is 361 g/mol. The molecule has 25 heavy (non-hydrogen) atoms. The highest BCUT2D eigenvalue weighted by atomic mass is 32.2. The number of anilines is 1. The van der Waals surface area contributed by atoms with Crippen molar-refractivity contribution in [3.05, 3.63) is 53.1 Å². The van der Waals surface area contributed by atoms with E-state index in [1.807, 2.05) is 20.8 Å². The number of nitrogens with one attached hydrogen (secondary N) is 1. The number of benzene rings is 2. The van der Waals surface area contributed by atoms with Gasteiger partial charge in [-0.05, 0) is 74.7 Å². The first-order chi connectivity index (χ1) is 11.7. The molecule has 134 valence electrons. The summed E-state index contributed by atoms with van der Waals surface area (Å²) in [5.41, 5.74) is 2.76. The van der Waals surface area contributed by atoms with E-state index in [9.17, 15) is 13.2 Å². The first-order valence-electron chi connectivity index (χ1n) is 8.12. The lowest BCUT2D eigenvalue weighted by atomic mass is 10.1. The van der Waals surface area contributed by atoms with Gasteiger partial charge in [0.1, 0.15) is 10.6 Å². The zero-order valence-electron chi connectivity index (χ0n) is 14.9. The fourth-order valence-corrected chi connectivity index (χ4v) is 3.55. The van der Waals surface area contributed by atoms with E-state index in [-0.39, 0.29) is 10.7 Å². The van der Waals surface area contributed by atoms with Crippen LogP contribution in [-0.2, 0) is 10.0 Å². The van der Waals surface area contributed by atoms with Crippen LogP contribution in [0.5, 0.6) is 5.75 Å². The van der Waals surface area contributed by atoms with Crippen molar-refractivity contribution in [3.8, 4) is 5.75 Å². The van der Waals surface area contributed by atoms with Crippen LogP contribution in [0.1, 0.15) is 41.8 Å². The Balaban J connectivity index is 2.38. The van der Waals surface area contributed by atoms with Gasteiger partial charge in [-0.25, -0.2) is 8.42 Å². The lowest BCUT2D eigenvalue weighted by molar-refractivity contribution is 0.101. The summed E-state index contributed by atoms with van der Waals surface area (Å²) in [6.45, 7) is 7.64. The summed E-state index contributed by atoms with van der Waals surface area (Å²) in [6, 6.07) is 9.69. The molecule has 0 saturated heterocycles. The molecule has 2 aromatic carbocycles. The highest BCUT2D eigenvalue weighted by Crippen LogP contribution is 2.29. The van der Waals surface area contributed by atoms with E-state index in [0.717, 1.165) is 17.5 Å². The van der Waals surface area contributed by atoms with E-state index in [1.54, 1.807) is 36.4 Å². The maximum absolute atomic E-state index is 12.8. The van der Waals surface area contributed by atoms with Crippen molar-refractivity contribution in [3.63, 3.8) is 0 Å². The minimum Gasteiger partial charge on any atom is -0.492 e. The molecule has 0 atom stereocenters. The molecule has 0 spiro atoms. The molecule has 0 aliphatic rings. The van der Waals surface area contributed by atoms with Crippen LogP contribution in [0.3, 0.4) is 0 Å². The number of aryl methyl sites for hydroxylation is 2. The van der Waals surface area contributed by atoms with Crippen LogP contribution in [0.15, 0.2) is 41.3 Å². The molecule has 0 fully saturated rings. The maximum atomic E-state index is 12.8. The fourth-order valence-electron chi connectivity index (χ4n) is 2.28. The van der Waals surface area contributed by atoms with Gasteiger partial charge in [-0.15, -0.1) is 0 Å². The second-order valence-corrected chi connectivity index (χ2v) is 7.62. The van der Waals surface area contributed by atoms with Crippen LogP contribution in [0, 0.1) is 13.8 Å². The summed E-state index contributed by atoms with van der Waals surface area (Å²) in [4.78, 5) is 11.4. The summed E-state index contributed by atoms with van der Waals surface area (Å²) < 4.78 is 33.8. The number of ketones is 1. The molecule has 0 aromatic heterocycles. The molecule has 1 N–H and O–H groups in total. The number of hydrogen-bond donors (Lipinski definition) is 1. The molecule has 2 aromatic rings. The van der Waals surface area contributed by atoms with Gasteiger partial charge in [-0.3, -0.25) is 9.52 Å². The molecule has 6 heteroatoms. The Labute approximate surface area is 149 Å². The number of sulfonamides is 1. The zero-order chi connectivity index (χ0) is 18.6. The summed E-state index contributed by atoms with van der Waals surface area (Å²) in [5, 5.41) is 0. The van der Waals surface area contributed by atoms with Crippen LogP contribution in [0.25, 0.3) is 0 Å². The Morgan fingerprint density at radius 3 is 2.24 bits per heavy atom. The quantitative estimate of drug-likeness (QED) is 0.754. The van der Waals surface area contributed by atoms with Gasteiger partial charge in [0, 0.05) is 11.3 Å². The van der Waals surface area contributed by atoms with E-state index in [1.165, 1.54) is 6.92 Å². The molecule has 0 radical (unpaired) electrons. The minimum atomic E-state index is -3.81. The van der Waals surface area contributed by atoms with Crippen molar-refractivity contribution in [2.45, 2.75) is 39.0 Å². The normalized spacial score (nSPS) is 11.2. The van der Waals surface area contributed by atoms with Gasteiger partial charge in [-0.1, -0.05) is 6.92 Å². The monoisotopic (exact) mass is 361 g/mol. The highest BCUT2D eigenvalue weighted by Gasteiger charge is 2.21. The van der Waals surface area contributed by atoms with Crippen LogP contribution in [0.4, 0.5) is 5.69 Å². The third-order valence-electron chi connectivity index (χ3n) is 3.85. The van der Waals surface area contributed by atoms with Crippen LogP contribution in [0.2, 0.25) is 0 Å². The highest BCUT2D eigenvalue weighted by molar-refractivity contribution is 7.92. The number of hydrogen-bond acceptors (Lipinski definition) is 4. The van der Waals surface area contributed by atoms with Crippen molar-refractivity contribution in [2.24, 2.45) is 0 Å². The van der Waals surface area contributed by atoms with Crippen molar-refractivity contribution in [1.82, 2.24) is 0 Å². The number of ether oxygens (including phenoxy) is 1. The van der Waals surface area contributed by atoms with E-state index in [0.29, 0.717) is 23.6 Å². The van der Waals surface area contributed by atoms with Crippen molar-refractivity contribution < 1.29 is 17.9 Å². The SMILES string of the molecule is CCCOc1cc(C)c(C)cc1S(=O)(=O)Nc1ccc(C(C)=O)cc1. The smallest absolute Gasteiger partial charge is 0.265 e. The first kappa shape index (κ1) is 19.0. The molecule has 0 unspecified atom stereocenters. The molecule has 0 heterocycles. The summed E-state index contributed by atoms with van der Waals surface area (Å²) >= 11 is 0. The van der Waals surface area contributed by atoms with Crippen LogP contribution >= 0.6 is 0 Å². The Kier molecular flexibility index (Phi) is 5.85. The topological polar surface area (TPSA) is 72.5 Å². The average Bonchev–Trinajstić information content (AvgIpc) is 2.55. The minimum absolute atomic E-state index is 0.0705. The first-order valence-corrected chi connectivity index (χ1v) is 9.60. The third-order valence-corrected chi connectivity index (χ3v) is 5.26. The van der Waals surface area contributed by atoms with Gasteiger partial charge in [0.15, 0.2) is 5.78 Å². The molecular formula is C19H23NO4S. The lowest BCUT2D eigenvalue weighted by Gasteiger charge is -2.15. The van der Waals surface area contributed by atoms with E-state index < -0.39 is 10.0 Å². The fraction of sp³-hybridized carbons (Fsp3) is 0.316. The molecule has 5 nitrogen and oxygen atoms in total. The predicted molar refractivity (Wildman–Crippen MR) is 99.0 cm³/mol. The van der Waals surface area contributed by atoms with Crippen LogP contribution < -0.4 is 9.46 Å². The maximum Gasteiger partial charge on any atom is 0.265 e. The standard InChI is InChI=1S/C19H23NO4S/c1-5-10-24-18-11-13(2)14(3)12-19(18)25(22,23)20-17-8-6-16(7-9-17)15(4)21/h6-9,11-12,20H,5,10H2,1-4H3. The molecule has 0 aliphatic carbocycles. The molecule has 0 aliphatic heterocycles. The second kappa shape index (κ2) is 7.70. The van der Waals surface area contributed by atoms with E-state index in [4.69, 9.17) is 4.74 Å². The molecular weight excluding hydrogens is 338 g/mol. The van der Waals surface area contributed by atoms with Gasteiger partial charge in [0.2, 0.25) is 0 Å². The Morgan fingerprint density at radius 2 is 1.68 bits per heavy atom. The molecule has 0 amide bonds. The largest absolute Gasteiger partial charge is 0.492 e. The van der Waals surface area contributed by atoms with Crippen molar-refractivity contribution >= 4 is 21.5 Å². The molecule has 0 saturated carbocycles. The second-order valence-electron chi connectivity index (χ2n) is 5.97. The lowest BCUT2D eigenvalue weighted by Crippen LogP contribution is -2.15. The summed E-state index contributed by atoms with van der Waals surface area (Å²) in [7, 11) is -3.81. The Hall–Kier alpha value is -2.34. The van der Waals surface area contributed by atoms with Gasteiger partial charge >= 0.3 is 0 Å². The van der Waals surface area contributed by atoms with Gasteiger partial charge in [0.05, 0.1) is 6.61 Å². The zero-order valence-corrected chi connectivity index (χ0v) is 15.7. The Morgan fingerprint density at radius 1 is 1.08 bits per heavy atom. The van der Waals surface area contributed by atoms with Gasteiger partial charge in [-0.2, -0.15) is 0 Å². The molecule has 2 rings (SSSR count). The van der Waals surface area contributed by atoms with Gasteiger partial charge < -0.3 is 4.74 Å². The molecule has 0 bridgehead atoms. The third kappa shape index (κ3) is 4.60. The number of rotatable bonds is 7. The predicted octanol–water partition coefficient (Wildman–Crippen LogP) is 4.10. The van der Waals surface area contributed by atoms with Gasteiger partial charge in [0.25, 0.3) is 10.0 Å². The number of carbonyl (C=O) groups excluding carboxylic acids is 1. The van der Waals surface area contributed by atoms with Crippen LogP contribution in [-0.4, -0.2) is 20.8 Å². The Bertz CT molecular complexity index is 871. The number of carbonyl (C=O) groups is 1. The van der Waals surface area contributed by atoms with Crippen molar-refractivity contribution in [1.29, 1.82) is 0 Å². The summed E-state index contributed by atoms with van der Waals surface area (Å²) in [5.74, 6) is 0.275. The summed E-state index contributed by atoms with van der Waals surface area (Å²) in [6.07, 6.45) is 0.784.